The Balaban J connectivity index is 1.21. The van der Waals surface area contributed by atoms with Gasteiger partial charge in [-0.05, 0) is 50.2 Å². The van der Waals surface area contributed by atoms with Crippen molar-refractivity contribution in [3.63, 3.8) is 0 Å². The molecule has 0 saturated carbocycles. The van der Waals surface area contributed by atoms with Crippen molar-refractivity contribution in [2.24, 2.45) is 0 Å². The van der Waals surface area contributed by atoms with Crippen molar-refractivity contribution in [3.05, 3.63) is 53.0 Å². The molecule has 0 bridgehead atoms. The van der Waals surface area contributed by atoms with Gasteiger partial charge < -0.3 is 24.6 Å². The normalized spacial score (nSPS) is 23.6. The monoisotopic (exact) mass is 479 g/mol. The first-order chi connectivity index (χ1) is 17.1. The molecular weight excluding hydrogens is 442 g/mol. The average molecular weight is 480 g/mol. The average Bonchev–Trinajstić information content (AvgIpc) is 3.12. The Morgan fingerprint density at radius 3 is 2.46 bits per heavy atom. The predicted molar refractivity (Wildman–Crippen MR) is 135 cm³/mol. The standard InChI is InChI=1S/C27H37N5O3/c1-19-25(28-18-29-26(19)31-12-7-20-5-3-4-6-21(20)8-13-31)27(33)32-14-9-22(10-15-32)30-23-11-16-35-17-24(23)34-2/h3-6,18,22-24,30H,7-17H2,1-2H3. The lowest BCUT2D eigenvalue weighted by atomic mass is 9.99. The van der Waals surface area contributed by atoms with E-state index in [1.165, 1.54) is 11.1 Å². The van der Waals surface area contributed by atoms with Crippen LogP contribution in [0, 0.1) is 6.92 Å². The number of aromatic nitrogens is 2. The molecule has 1 aromatic carbocycles. The van der Waals surface area contributed by atoms with Crippen molar-refractivity contribution >= 4 is 11.7 Å². The van der Waals surface area contributed by atoms with Crippen molar-refractivity contribution in [3.8, 4) is 0 Å². The van der Waals surface area contributed by atoms with Gasteiger partial charge in [0, 0.05) is 57.5 Å². The van der Waals surface area contributed by atoms with E-state index in [1.807, 2.05) is 11.8 Å². The maximum absolute atomic E-state index is 13.5. The van der Waals surface area contributed by atoms with Crippen molar-refractivity contribution < 1.29 is 14.3 Å². The number of fused-ring (bicyclic) bond motifs is 1. The van der Waals surface area contributed by atoms with E-state index < -0.39 is 0 Å². The second kappa shape index (κ2) is 11.0. The van der Waals surface area contributed by atoms with Gasteiger partial charge in [0.25, 0.3) is 5.91 Å². The molecule has 0 spiro atoms. The smallest absolute Gasteiger partial charge is 0.272 e. The first-order valence-electron chi connectivity index (χ1n) is 12.9. The number of benzene rings is 1. The summed E-state index contributed by atoms with van der Waals surface area (Å²) in [4.78, 5) is 26.7. The Hall–Kier alpha value is -2.55. The number of hydrogen-bond acceptors (Lipinski definition) is 7. The third-order valence-electron chi connectivity index (χ3n) is 7.82. The Labute approximate surface area is 208 Å². The third-order valence-corrected chi connectivity index (χ3v) is 7.82. The Bertz CT molecular complexity index is 997. The van der Waals surface area contributed by atoms with Gasteiger partial charge in [0.1, 0.15) is 17.8 Å². The summed E-state index contributed by atoms with van der Waals surface area (Å²) in [6, 6.07) is 9.36. The lowest BCUT2D eigenvalue weighted by molar-refractivity contribution is -0.0533. The summed E-state index contributed by atoms with van der Waals surface area (Å²) in [7, 11) is 1.75. The van der Waals surface area contributed by atoms with Gasteiger partial charge in [-0.15, -0.1) is 0 Å². The SMILES string of the molecule is COC1COCCC1NC1CCN(C(=O)c2ncnc(N3CCc4ccccc4CC3)c2C)CC1. The van der Waals surface area contributed by atoms with Crippen LogP contribution in [0.25, 0.3) is 0 Å². The van der Waals surface area contributed by atoms with Crippen LogP contribution < -0.4 is 10.2 Å². The lowest BCUT2D eigenvalue weighted by Crippen LogP contribution is -2.54. The lowest BCUT2D eigenvalue weighted by Gasteiger charge is -2.38. The number of nitrogens with zero attached hydrogens (tertiary/aromatic N) is 4. The number of nitrogens with one attached hydrogen (secondary N) is 1. The molecule has 4 heterocycles. The molecule has 188 valence electrons. The van der Waals surface area contributed by atoms with Crippen LogP contribution in [0.2, 0.25) is 0 Å². The minimum absolute atomic E-state index is 0.0172. The van der Waals surface area contributed by atoms with Gasteiger partial charge in [-0.25, -0.2) is 9.97 Å². The molecule has 3 aliphatic rings. The summed E-state index contributed by atoms with van der Waals surface area (Å²) in [5.74, 6) is 0.904. The quantitative estimate of drug-likeness (QED) is 0.705. The minimum Gasteiger partial charge on any atom is -0.379 e. The molecule has 2 saturated heterocycles. The molecule has 5 rings (SSSR count). The highest BCUT2D eigenvalue weighted by Gasteiger charge is 2.31. The third kappa shape index (κ3) is 5.34. The molecule has 1 amide bonds. The van der Waals surface area contributed by atoms with Gasteiger partial charge in [0.2, 0.25) is 0 Å². The van der Waals surface area contributed by atoms with Gasteiger partial charge in [-0.1, -0.05) is 24.3 Å². The molecule has 2 aromatic rings. The zero-order chi connectivity index (χ0) is 24.2. The fourth-order valence-electron chi connectivity index (χ4n) is 5.69. The zero-order valence-corrected chi connectivity index (χ0v) is 20.9. The van der Waals surface area contributed by atoms with Gasteiger partial charge in [-0.2, -0.15) is 0 Å². The topological polar surface area (TPSA) is 79.8 Å². The number of piperidine rings is 1. The molecule has 2 atom stereocenters. The largest absolute Gasteiger partial charge is 0.379 e. The molecule has 35 heavy (non-hydrogen) atoms. The van der Waals surface area contributed by atoms with Crippen molar-refractivity contribution in [2.75, 3.05) is 51.4 Å². The molecule has 1 aromatic heterocycles. The maximum atomic E-state index is 13.5. The van der Waals surface area contributed by atoms with E-state index in [1.54, 1.807) is 13.4 Å². The van der Waals surface area contributed by atoms with Crippen molar-refractivity contribution in [2.45, 2.75) is 57.2 Å². The number of hydrogen-bond donors (Lipinski definition) is 1. The van der Waals surface area contributed by atoms with E-state index in [4.69, 9.17) is 9.47 Å². The first-order valence-corrected chi connectivity index (χ1v) is 12.9. The number of carbonyl (C=O) groups excluding carboxylic acids is 1. The van der Waals surface area contributed by atoms with E-state index >= 15 is 0 Å². The van der Waals surface area contributed by atoms with Crippen LogP contribution in [0.1, 0.15) is 46.4 Å². The van der Waals surface area contributed by atoms with E-state index in [0.717, 1.165) is 76.3 Å². The van der Waals surface area contributed by atoms with E-state index in [-0.39, 0.29) is 12.0 Å². The van der Waals surface area contributed by atoms with Crippen LogP contribution in [-0.4, -0.2) is 85.5 Å². The number of ether oxygens (including phenoxy) is 2. The molecule has 2 fully saturated rings. The van der Waals surface area contributed by atoms with E-state index in [2.05, 4.69) is 44.5 Å². The van der Waals surface area contributed by atoms with Crippen LogP contribution >= 0.6 is 0 Å². The molecule has 2 unspecified atom stereocenters. The summed E-state index contributed by atoms with van der Waals surface area (Å²) < 4.78 is 11.1. The Morgan fingerprint density at radius 1 is 1.06 bits per heavy atom. The maximum Gasteiger partial charge on any atom is 0.272 e. The van der Waals surface area contributed by atoms with E-state index in [0.29, 0.717) is 24.4 Å². The number of likely N-dealkylation sites (tertiary alicyclic amines) is 1. The van der Waals surface area contributed by atoms with Gasteiger partial charge in [0.15, 0.2) is 0 Å². The summed E-state index contributed by atoms with van der Waals surface area (Å²) in [5, 5.41) is 3.76. The fourth-order valence-corrected chi connectivity index (χ4v) is 5.69. The summed E-state index contributed by atoms with van der Waals surface area (Å²) in [5.41, 5.74) is 4.24. The summed E-state index contributed by atoms with van der Waals surface area (Å²) in [6.07, 6.45) is 6.44. The molecule has 8 heteroatoms. The number of rotatable bonds is 5. The number of amides is 1. The van der Waals surface area contributed by atoms with Crippen LogP contribution in [0.3, 0.4) is 0 Å². The van der Waals surface area contributed by atoms with Gasteiger partial charge >= 0.3 is 0 Å². The zero-order valence-electron chi connectivity index (χ0n) is 20.9. The summed E-state index contributed by atoms with van der Waals surface area (Å²) in [6.45, 7) is 6.66. The summed E-state index contributed by atoms with van der Waals surface area (Å²) >= 11 is 0. The molecule has 0 radical (unpaired) electrons. The van der Waals surface area contributed by atoms with Gasteiger partial charge in [0.05, 0.1) is 12.7 Å². The predicted octanol–water partition coefficient (Wildman–Crippen LogP) is 2.39. The molecule has 0 aliphatic carbocycles. The Kier molecular flexibility index (Phi) is 7.60. The van der Waals surface area contributed by atoms with Crippen molar-refractivity contribution in [1.82, 2.24) is 20.2 Å². The van der Waals surface area contributed by atoms with Crippen molar-refractivity contribution in [1.29, 1.82) is 0 Å². The molecule has 8 nitrogen and oxygen atoms in total. The highest BCUT2D eigenvalue weighted by atomic mass is 16.5. The second-order valence-electron chi connectivity index (χ2n) is 9.90. The van der Waals surface area contributed by atoms with Gasteiger partial charge in [-0.3, -0.25) is 4.79 Å². The Morgan fingerprint density at radius 2 is 1.77 bits per heavy atom. The van der Waals surface area contributed by atoms with Crippen LogP contribution in [-0.2, 0) is 22.3 Å². The van der Waals surface area contributed by atoms with Crippen LogP contribution in [0.15, 0.2) is 30.6 Å². The van der Waals surface area contributed by atoms with Crippen LogP contribution in [0.5, 0.6) is 0 Å². The molecule has 1 N–H and O–H groups in total. The molecule has 3 aliphatic heterocycles. The van der Waals surface area contributed by atoms with Crippen LogP contribution in [0.4, 0.5) is 5.82 Å². The number of carbonyl (C=O) groups is 1. The first kappa shape index (κ1) is 24.2. The highest BCUT2D eigenvalue weighted by Crippen LogP contribution is 2.25. The highest BCUT2D eigenvalue weighted by molar-refractivity contribution is 5.94. The number of anilines is 1. The minimum atomic E-state index is 0.0172. The molecular formula is C27H37N5O3. The number of methoxy groups -OCH3 is 1. The van der Waals surface area contributed by atoms with E-state index in [9.17, 15) is 4.79 Å². The fraction of sp³-hybridized carbons (Fsp3) is 0.593. The second-order valence-corrected chi connectivity index (χ2v) is 9.90.